The summed E-state index contributed by atoms with van der Waals surface area (Å²) in [6, 6.07) is 2.41. The Bertz CT molecular complexity index is 358. The van der Waals surface area contributed by atoms with Gasteiger partial charge in [0.2, 0.25) is 5.91 Å². The number of likely N-dealkylation sites (tertiary alicyclic amines) is 1. The lowest BCUT2D eigenvalue weighted by Gasteiger charge is -2.37. The van der Waals surface area contributed by atoms with Crippen LogP contribution in [0.1, 0.15) is 26.2 Å². The summed E-state index contributed by atoms with van der Waals surface area (Å²) >= 11 is 1.62. The van der Waals surface area contributed by atoms with Gasteiger partial charge in [0, 0.05) is 19.7 Å². The van der Waals surface area contributed by atoms with E-state index >= 15 is 0 Å². The smallest absolute Gasteiger partial charge is 0.228 e. The molecule has 2 unspecified atom stereocenters. The number of carbonyl (C=O) groups is 1. The van der Waals surface area contributed by atoms with Crippen LogP contribution < -0.4 is 0 Å². The van der Waals surface area contributed by atoms with E-state index in [1.54, 1.807) is 11.8 Å². The molecule has 2 saturated heterocycles. The summed E-state index contributed by atoms with van der Waals surface area (Å²) in [6.45, 7) is 4.08. The number of rotatable bonds is 2. The average Bonchev–Trinajstić information content (AvgIpc) is 2.84. The number of amides is 1. The molecule has 18 heavy (non-hydrogen) atoms. The number of hydrogen-bond acceptors (Lipinski definition) is 4. The summed E-state index contributed by atoms with van der Waals surface area (Å²) in [6.07, 6.45) is 4.41. The van der Waals surface area contributed by atoms with Gasteiger partial charge >= 0.3 is 0 Å². The average molecular weight is 268 g/mol. The molecule has 0 aromatic carbocycles. The third kappa shape index (κ3) is 2.50. The summed E-state index contributed by atoms with van der Waals surface area (Å²) in [5.41, 5.74) is 0. The predicted molar refractivity (Wildman–Crippen MR) is 71.2 cm³/mol. The van der Waals surface area contributed by atoms with E-state index in [-0.39, 0.29) is 22.7 Å². The maximum absolute atomic E-state index is 12.4. The van der Waals surface area contributed by atoms with Crippen LogP contribution >= 0.6 is 11.8 Å². The number of nitriles is 1. The Morgan fingerprint density at radius 1 is 1.50 bits per heavy atom. The van der Waals surface area contributed by atoms with Crippen LogP contribution in [0.25, 0.3) is 0 Å². The molecule has 0 radical (unpaired) electrons. The second-order valence-corrected chi connectivity index (χ2v) is 6.30. The molecule has 0 N–H and O–H groups in total. The Morgan fingerprint density at radius 3 is 2.61 bits per heavy atom. The van der Waals surface area contributed by atoms with E-state index in [2.05, 4.69) is 6.07 Å². The lowest BCUT2D eigenvalue weighted by Crippen LogP contribution is -2.47. The Labute approximate surface area is 113 Å². The van der Waals surface area contributed by atoms with Gasteiger partial charge in [-0.15, -0.1) is 11.8 Å². The monoisotopic (exact) mass is 268 g/mol. The van der Waals surface area contributed by atoms with E-state index in [1.807, 2.05) is 18.1 Å². The van der Waals surface area contributed by atoms with Crippen LogP contribution in [-0.4, -0.2) is 47.6 Å². The molecule has 2 rings (SSSR count). The molecule has 2 atom stereocenters. The van der Waals surface area contributed by atoms with Crippen molar-refractivity contribution in [2.24, 2.45) is 5.92 Å². The minimum Gasteiger partial charge on any atom is -0.378 e. The molecule has 0 spiro atoms. The van der Waals surface area contributed by atoms with E-state index in [4.69, 9.17) is 4.74 Å². The molecule has 0 bridgehead atoms. The molecule has 0 saturated carbocycles. The number of thioether (sulfide) groups is 1. The van der Waals surface area contributed by atoms with Gasteiger partial charge in [0.1, 0.15) is 4.75 Å². The fourth-order valence-corrected chi connectivity index (χ4v) is 3.42. The highest BCUT2D eigenvalue weighted by Gasteiger charge is 2.39. The van der Waals surface area contributed by atoms with Crippen molar-refractivity contribution in [2.45, 2.75) is 37.0 Å². The molecular formula is C13H20N2O2S. The molecule has 1 amide bonds. The molecule has 2 aliphatic rings. The summed E-state index contributed by atoms with van der Waals surface area (Å²) in [4.78, 5) is 14.3. The zero-order valence-electron chi connectivity index (χ0n) is 11.0. The van der Waals surface area contributed by atoms with Crippen LogP contribution in [0.15, 0.2) is 0 Å². The number of piperidine rings is 1. The van der Waals surface area contributed by atoms with Gasteiger partial charge in [-0.1, -0.05) is 0 Å². The van der Waals surface area contributed by atoms with Crippen molar-refractivity contribution in [3.05, 3.63) is 0 Å². The van der Waals surface area contributed by atoms with Crippen molar-refractivity contribution in [2.75, 3.05) is 26.0 Å². The summed E-state index contributed by atoms with van der Waals surface area (Å²) in [5.74, 6) is 0.238. The third-order valence-corrected chi connectivity index (χ3v) is 5.45. The summed E-state index contributed by atoms with van der Waals surface area (Å²) in [7, 11) is 0. The highest BCUT2D eigenvalue weighted by Crippen LogP contribution is 2.35. The fraction of sp³-hybridized carbons (Fsp3) is 0.846. The molecular weight excluding hydrogens is 248 g/mol. The van der Waals surface area contributed by atoms with E-state index in [0.717, 1.165) is 19.3 Å². The quantitative estimate of drug-likeness (QED) is 0.764. The van der Waals surface area contributed by atoms with Crippen LogP contribution in [0.5, 0.6) is 0 Å². The molecule has 2 heterocycles. The molecule has 0 aromatic heterocycles. The second-order valence-electron chi connectivity index (χ2n) is 5.11. The lowest BCUT2D eigenvalue weighted by molar-refractivity contribution is -0.138. The number of hydrogen-bond donors (Lipinski definition) is 0. The second kappa shape index (κ2) is 5.50. The molecule has 2 aliphatic heterocycles. The Balaban J connectivity index is 1.94. The predicted octanol–water partition coefficient (Wildman–Crippen LogP) is 1.66. The molecule has 4 nitrogen and oxygen atoms in total. The van der Waals surface area contributed by atoms with Gasteiger partial charge < -0.3 is 9.64 Å². The first-order chi connectivity index (χ1) is 8.62. The molecule has 5 heteroatoms. The zero-order chi connectivity index (χ0) is 13.2. The van der Waals surface area contributed by atoms with Crippen LogP contribution in [0.3, 0.4) is 0 Å². The molecule has 0 aliphatic carbocycles. The van der Waals surface area contributed by atoms with E-state index < -0.39 is 0 Å². The SMILES string of the molecule is CSC1(C#N)CCN(C(=O)C2CCOC2C)CC1. The maximum atomic E-state index is 12.4. The minimum atomic E-state index is -0.283. The van der Waals surface area contributed by atoms with Gasteiger partial charge in [-0.25, -0.2) is 0 Å². The van der Waals surface area contributed by atoms with Crippen molar-refractivity contribution in [1.29, 1.82) is 5.26 Å². The van der Waals surface area contributed by atoms with Gasteiger partial charge in [0.05, 0.1) is 18.1 Å². The minimum absolute atomic E-state index is 0.0221. The highest BCUT2D eigenvalue weighted by atomic mass is 32.2. The topological polar surface area (TPSA) is 53.3 Å². The van der Waals surface area contributed by atoms with E-state index in [0.29, 0.717) is 19.7 Å². The summed E-state index contributed by atoms with van der Waals surface area (Å²) < 4.78 is 5.17. The van der Waals surface area contributed by atoms with Crippen LogP contribution in [0.4, 0.5) is 0 Å². The van der Waals surface area contributed by atoms with Crippen molar-refractivity contribution >= 4 is 17.7 Å². The van der Waals surface area contributed by atoms with Crippen LogP contribution in [0.2, 0.25) is 0 Å². The summed E-state index contributed by atoms with van der Waals surface area (Å²) in [5, 5.41) is 9.23. The van der Waals surface area contributed by atoms with Crippen molar-refractivity contribution < 1.29 is 9.53 Å². The number of carbonyl (C=O) groups excluding carboxylic acids is 1. The largest absolute Gasteiger partial charge is 0.378 e. The van der Waals surface area contributed by atoms with Crippen molar-refractivity contribution in [3.8, 4) is 6.07 Å². The first kappa shape index (κ1) is 13.7. The standard InChI is InChI=1S/C13H20N2O2S/c1-10-11(3-8-17-10)12(16)15-6-4-13(9-14,18-2)5-7-15/h10-11H,3-8H2,1-2H3. The zero-order valence-corrected chi connectivity index (χ0v) is 11.8. The lowest BCUT2D eigenvalue weighted by atomic mass is 9.94. The number of nitrogens with zero attached hydrogens (tertiary/aromatic N) is 2. The van der Waals surface area contributed by atoms with E-state index in [9.17, 15) is 10.1 Å². The first-order valence-corrected chi connectivity index (χ1v) is 7.71. The highest BCUT2D eigenvalue weighted by molar-refractivity contribution is 8.00. The Hall–Kier alpha value is -0.730. The van der Waals surface area contributed by atoms with Gasteiger partial charge in [-0.2, -0.15) is 5.26 Å². The van der Waals surface area contributed by atoms with Crippen molar-refractivity contribution in [1.82, 2.24) is 4.90 Å². The normalized spacial score (nSPS) is 31.1. The van der Waals surface area contributed by atoms with Crippen molar-refractivity contribution in [3.63, 3.8) is 0 Å². The third-order valence-electron chi connectivity index (χ3n) is 4.17. The molecule has 100 valence electrons. The van der Waals surface area contributed by atoms with Gasteiger partial charge in [0.25, 0.3) is 0 Å². The van der Waals surface area contributed by atoms with Crippen LogP contribution in [0, 0.1) is 17.2 Å². The van der Waals surface area contributed by atoms with Gasteiger partial charge in [-0.05, 0) is 32.4 Å². The Kier molecular flexibility index (Phi) is 4.18. The fourth-order valence-electron chi connectivity index (χ4n) is 2.74. The number of ether oxygens (including phenoxy) is 1. The first-order valence-electron chi connectivity index (χ1n) is 6.49. The maximum Gasteiger partial charge on any atom is 0.228 e. The Morgan fingerprint density at radius 2 is 2.17 bits per heavy atom. The molecule has 2 fully saturated rings. The molecule has 0 aromatic rings. The van der Waals surface area contributed by atoms with E-state index in [1.165, 1.54) is 0 Å². The van der Waals surface area contributed by atoms with Gasteiger partial charge in [-0.3, -0.25) is 4.79 Å². The van der Waals surface area contributed by atoms with Gasteiger partial charge in [0.15, 0.2) is 0 Å². The van der Waals surface area contributed by atoms with Crippen LogP contribution in [-0.2, 0) is 9.53 Å².